The molecule has 0 atom stereocenters. The van der Waals surface area contributed by atoms with Gasteiger partial charge >= 0.3 is 0 Å². The van der Waals surface area contributed by atoms with Crippen molar-refractivity contribution >= 4 is 11.6 Å². The molecule has 0 radical (unpaired) electrons. The zero-order chi connectivity index (χ0) is 14.5. The molecule has 5 nitrogen and oxygen atoms in total. The number of benzene rings is 1. The van der Waals surface area contributed by atoms with Gasteiger partial charge in [0.25, 0.3) is 5.91 Å². The van der Waals surface area contributed by atoms with Gasteiger partial charge in [0.05, 0.1) is 19.8 Å². The van der Waals surface area contributed by atoms with Crippen LogP contribution in [0.4, 0.5) is 5.69 Å². The van der Waals surface area contributed by atoms with Gasteiger partial charge in [-0.1, -0.05) is 0 Å². The van der Waals surface area contributed by atoms with Gasteiger partial charge in [0.1, 0.15) is 0 Å². The number of aryl methyl sites for hydroxylation is 1. The molecular formula is C15H16N2O3. The van der Waals surface area contributed by atoms with Crippen LogP contribution in [0.15, 0.2) is 36.7 Å². The normalized spacial score (nSPS) is 9.95. The number of methoxy groups -OCH3 is 2. The zero-order valence-corrected chi connectivity index (χ0v) is 11.6. The molecule has 1 heterocycles. The molecule has 0 bridgehead atoms. The number of pyridine rings is 1. The lowest BCUT2D eigenvalue weighted by Gasteiger charge is -2.13. The van der Waals surface area contributed by atoms with Crippen molar-refractivity contribution in [3.05, 3.63) is 47.8 Å². The van der Waals surface area contributed by atoms with E-state index in [-0.39, 0.29) is 5.91 Å². The highest BCUT2D eigenvalue weighted by molar-refractivity contribution is 6.04. The number of anilines is 1. The molecule has 1 aromatic heterocycles. The molecule has 0 fully saturated rings. The lowest BCUT2D eigenvalue weighted by Crippen LogP contribution is -2.13. The van der Waals surface area contributed by atoms with E-state index in [9.17, 15) is 4.79 Å². The number of nitrogens with zero attached hydrogens (tertiary/aromatic N) is 1. The number of carbonyl (C=O) groups is 1. The van der Waals surface area contributed by atoms with Crippen molar-refractivity contribution in [1.29, 1.82) is 0 Å². The van der Waals surface area contributed by atoms with Gasteiger partial charge < -0.3 is 14.8 Å². The molecule has 5 heteroatoms. The molecule has 104 valence electrons. The summed E-state index contributed by atoms with van der Waals surface area (Å²) in [5.74, 6) is 0.984. The average Bonchev–Trinajstić information content (AvgIpc) is 2.49. The topological polar surface area (TPSA) is 60.5 Å². The third-order valence-corrected chi connectivity index (χ3v) is 2.90. The summed E-state index contributed by atoms with van der Waals surface area (Å²) in [6.07, 6.45) is 3.14. The monoisotopic (exact) mass is 272 g/mol. The van der Waals surface area contributed by atoms with Crippen molar-refractivity contribution in [2.75, 3.05) is 19.5 Å². The number of hydrogen-bond donors (Lipinski definition) is 1. The number of aromatic nitrogens is 1. The van der Waals surface area contributed by atoms with Crippen LogP contribution in [0.3, 0.4) is 0 Å². The first-order valence-electron chi connectivity index (χ1n) is 6.09. The molecule has 2 aromatic rings. The maximum atomic E-state index is 12.1. The van der Waals surface area contributed by atoms with Gasteiger partial charge in [0, 0.05) is 24.1 Å². The standard InChI is InChI=1S/C15H16N2O3/c1-10-7-13(19-2)14(20-3)8-12(10)17-15(18)11-5-4-6-16-9-11/h4-9H,1-3H3,(H,17,18). The number of rotatable bonds is 4. The fourth-order valence-electron chi connectivity index (χ4n) is 1.81. The predicted octanol–water partition coefficient (Wildman–Crippen LogP) is 2.66. The molecule has 0 saturated carbocycles. The average molecular weight is 272 g/mol. The van der Waals surface area contributed by atoms with Crippen molar-refractivity contribution in [3.63, 3.8) is 0 Å². The van der Waals surface area contributed by atoms with Gasteiger partial charge in [-0.25, -0.2) is 0 Å². The molecule has 1 amide bonds. The van der Waals surface area contributed by atoms with Crippen LogP contribution in [0.5, 0.6) is 11.5 Å². The minimum Gasteiger partial charge on any atom is -0.493 e. The predicted molar refractivity (Wildman–Crippen MR) is 76.5 cm³/mol. The molecular weight excluding hydrogens is 256 g/mol. The summed E-state index contributed by atoms with van der Waals surface area (Å²) in [6, 6.07) is 6.98. The summed E-state index contributed by atoms with van der Waals surface area (Å²) in [5, 5.41) is 2.84. The van der Waals surface area contributed by atoms with E-state index in [0.29, 0.717) is 22.7 Å². The Bertz CT molecular complexity index is 612. The Morgan fingerprint density at radius 2 is 1.90 bits per heavy atom. The highest BCUT2D eigenvalue weighted by Crippen LogP contribution is 2.33. The van der Waals surface area contributed by atoms with Crippen molar-refractivity contribution in [1.82, 2.24) is 4.98 Å². The molecule has 2 rings (SSSR count). The summed E-state index contributed by atoms with van der Waals surface area (Å²) in [6.45, 7) is 1.89. The third kappa shape index (κ3) is 2.88. The van der Waals surface area contributed by atoms with E-state index in [1.165, 1.54) is 6.20 Å². The Labute approximate surface area is 117 Å². The highest BCUT2D eigenvalue weighted by Gasteiger charge is 2.12. The van der Waals surface area contributed by atoms with E-state index >= 15 is 0 Å². The van der Waals surface area contributed by atoms with Crippen LogP contribution in [0.2, 0.25) is 0 Å². The van der Waals surface area contributed by atoms with E-state index in [0.717, 1.165) is 5.56 Å². The summed E-state index contributed by atoms with van der Waals surface area (Å²) in [7, 11) is 3.13. The smallest absolute Gasteiger partial charge is 0.257 e. The second-order valence-electron chi connectivity index (χ2n) is 4.22. The van der Waals surface area contributed by atoms with E-state index in [4.69, 9.17) is 9.47 Å². The summed E-state index contributed by atoms with van der Waals surface area (Å²) in [5.41, 5.74) is 2.07. The third-order valence-electron chi connectivity index (χ3n) is 2.90. The molecule has 0 unspecified atom stereocenters. The maximum absolute atomic E-state index is 12.1. The molecule has 0 aliphatic carbocycles. The van der Waals surface area contributed by atoms with Crippen LogP contribution in [-0.2, 0) is 0 Å². The fraction of sp³-hybridized carbons (Fsp3) is 0.200. The fourth-order valence-corrected chi connectivity index (χ4v) is 1.81. The Balaban J connectivity index is 2.28. The molecule has 0 spiro atoms. The number of carbonyl (C=O) groups excluding carboxylic acids is 1. The van der Waals surface area contributed by atoms with Gasteiger partial charge in [0.15, 0.2) is 11.5 Å². The largest absolute Gasteiger partial charge is 0.493 e. The van der Waals surface area contributed by atoms with Crippen LogP contribution in [0.25, 0.3) is 0 Å². The molecule has 0 aliphatic heterocycles. The number of amides is 1. The van der Waals surface area contributed by atoms with Crippen molar-refractivity contribution in [3.8, 4) is 11.5 Å². The number of hydrogen-bond acceptors (Lipinski definition) is 4. The van der Waals surface area contributed by atoms with Crippen LogP contribution >= 0.6 is 0 Å². The summed E-state index contributed by atoms with van der Waals surface area (Å²) < 4.78 is 10.4. The highest BCUT2D eigenvalue weighted by atomic mass is 16.5. The molecule has 20 heavy (non-hydrogen) atoms. The van der Waals surface area contributed by atoms with Gasteiger partial charge in [-0.15, -0.1) is 0 Å². The molecule has 1 N–H and O–H groups in total. The molecule has 0 aliphatic rings. The maximum Gasteiger partial charge on any atom is 0.257 e. The van der Waals surface area contributed by atoms with Crippen LogP contribution in [-0.4, -0.2) is 25.1 Å². The van der Waals surface area contributed by atoms with E-state index < -0.39 is 0 Å². The van der Waals surface area contributed by atoms with Gasteiger partial charge in [-0.3, -0.25) is 9.78 Å². The second kappa shape index (κ2) is 6.06. The lowest BCUT2D eigenvalue weighted by atomic mass is 10.1. The van der Waals surface area contributed by atoms with E-state index in [1.54, 1.807) is 38.6 Å². The number of nitrogens with one attached hydrogen (secondary N) is 1. The SMILES string of the molecule is COc1cc(C)c(NC(=O)c2cccnc2)cc1OC. The van der Waals surface area contributed by atoms with Gasteiger partial charge in [0.2, 0.25) is 0 Å². The Morgan fingerprint density at radius 1 is 1.20 bits per heavy atom. The Hall–Kier alpha value is -2.56. The van der Waals surface area contributed by atoms with Crippen LogP contribution in [0.1, 0.15) is 15.9 Å². The minimum absolute atomic E-state index is 0.214. The first-order chi connectivity index (χ1) is 9.65. The first-order valence-corrected chi connectivity index (χ1v) is 6.09. The van der Waals surface area contributed by atoms with Gasteiger partial charge in [-0.2, -0.15) is 0 Å². The van der Waals surface area contributed by atoms with Crippen molar-refractivity contribution < 1.29 is 14.3 Å². The number of ether oxygens (including phenoxy) is 2. The summed E-state index contributed by atoms with van der Waals surface area (Å²) in [4.78, 5) is 16.0. The van der Waals surface area contributed by atoms with Crippen LogP contribution in [0, 0.1) is 6.92 Å². The van der Waals surface area contributed by atoms with Gasteiger partial charge in [-0.05, 0) is 30.7 Å². The Morgan fingerprint density at radius 3 is 2.50 bits per heavy atom. The minimum atomic E-state index is -0.214. The van der Waals surface area contributed by atoms with Crippen LogP contribution < -0.4 is 14.8 Å². The quantitative estimate of drug-likeness (QED) is 0.929. The van der Waals surface area contributed by atoms with Crippen molar-refractivity contribution in [2.45, 2.75) is 6.92 Å². The zero-order valence-electron chi connectivity index (χ0n) is 11.6. The van der Waals surface area contributed by atoms with Crippen molar-refractivity contribution in [2.24, 2.45) is 0 Å². The van der Waals surface area contributed by atoms with E-state index in [1.807, 2.05) is 13.0 Å². The summed E-state index contributed by atoms with van der Waals surface area (Å²) >= 11 is 0. The molecule has 0 saturated heterocycles. The first kappa shape index (κ1) is 13.9. The molecule has 1 aromatic carbocycles. The van der Waals surface area contributed by atoms with E-state index in [2.05, 4.69) is 10.3 Å². The Kier molecular flexibility index (Phi) is 4.20. The lowest BCUT2D eigenvalue weighted by molar-refractivity contribution is 0.102. The second-order valence-corrected chi connectivity index (χ2v) is 4.22.